The number of aryl methyl sites for hydroxylation is 1. The SMILES string of the molecule is CCOC(=O)c1c(-c2noc(C)n2)cc(OC)c(O)c1[N+](=O)[O-]. The lowest BCUT2D eigenvalue weighted by molar-refractivity contribution is -0.386. The van der Waals surface area contributed by atoms with Crippen LogP contribution in [0.15, 0.2) is 10.6 Å². The number of benzene rings is 1. The molecule has 0 aliphatic heterocycles. The molecule has 0 spiro atoms. The van der Waals surface area contributed by atoms with E-state index in [4.69, 9.17) is 14.0 Å². The van der Waals surface area contributed by atoms with Crippen LogP contribution in [0.5, 0.6) is 11.5 Å². The van der Waals surface area contributed by atoms with Gasteiger partial charge in [0.2, 0.25) is 17.5 Å². The molecular weight excluding hydrogens is 310 g/mol. The van der Waals surface area contributed by atoms with Gasteiger partial charge in [0, 0.05) is 12.5 Å². The van der Waals surface area contributed by atoms with Gasteiger partial charge in [0.15, 0.2) is 11.3 Å². The van der Waals surface area contributed by atoms with Crippen molar-refractivity contribution in [2.24, 2.45) is 0 Å². The van der Waals surface area contributed by atoms with E-state index in [2.05, 4.69) is 10.1 Å². The second-order valence-electron chi connectivity index (χ2n) is 4.31. The fraction of sp³-hybridized carbons (Fsp3) is 0.308. The van der Waals surface area contributed by atoms with Crippen molar-refractivity contribution in [1.29, 1.82) is 0 Å². The van der Waals surface area contributed by atoms with Crippen LogP contribution in [0.3, 0.4) is 0 Å². The van der Waals surface area contributed by atoms with E-state index >= 15 is 0 Å². The molecule has 10 nitrogen and oxygen atoms in total. The number of hydrogen-bond donors (Lipinski definition) is 1. The Balaban J connectivity index is 2.84. The van der Waals surface area contributed by atoms with Crippen molar-refractivity contribution < 1.29 is 28.8 Å². The minimum Gasteiger partial charge on any atom is -0.499 e. The predicted octanol–water partition coefficient (Wildman–Crippen LogP) is 1.84. The minimum atomic E-state index is -0.991. The van der Waals surface area contributed by atoms with Gasteiger partial charge in [0.25, 0.3) is 0 Å². The Morgan fingerprint density at radius 3 is 2.70 bits per heavy atom. The molecule has 0 saturated heterocycles. The summed E-state index contributed by atoms with van der Waals surface area (Å²) in [7, 11) is 1.22. The zero-order valence-corrected chi connectivity index (χ0v) is 12.5. The molecule has 0 aliphatic rings. The van der Waals surface area contributed by atoms with Crippen LogP contribution in [-0.4, -0.2) is 39.9 Å². The number of aromatic hydroxyl groups is 1. The number of nitro groups is 1. The summed E-state index contributed by atoms with van der Waals surface area (Å²) in [5.41, 5.74) is -1.36. The lowest BCUT2D eigenvalue weighted by Crippen LogP contribution is -2.11. The molecule has 0 bridgehead atoms. The van der Waals surface area contributed by atoms with Crippen LogP contribution >= 0.6 is 0 Å². The molecule has 0 aliphatic carbocycles. The number of phenols is 1. The van der Waals surface area contributed by atoms with Gasteiger partial charge >= 0.3 is 11.7 Å². The van der Waals surface area contributed by atoms with Crippen molar-refractivity contribution >= 4 is 11.7 Å². The molecule has 2 aromatic rings. The van der Waals surface area contributed by atoms with E-state index in [1.807, 2.05) is 0 Å². The molecule has 0 radical (unpaired) electrons. The molecule has 122 valence electrons. The van der Waals surface area contributed by atoms with Crippen LogP contribution in [0.25, 0.3) is 11.4 Å². The maximum atomic E-state index is 12.2. The molecule has 0 atom stereocenters. The molecule has 1 aromatic carbocycles. The minimum absolute atomic E-state index is 0.00646. The highest BCUT2D eigenvalue weighted by molar-refractivity contribution is 6.02. The second kappa shape index (κ2) is 6.30. The number of methoxy groups -OCH3 is 1. The number of aromatic nitrogens is 2. The van der Waals surface area contributed by atoms with E-state index in [-0.39, 0.29) is 29.6 Å². The van der Waals surface area contributed by atoms with Crippen molar-refractivity contribution in [3.05, 3.63) is 27.6 Å². The molecule has 10 heteroatoms. The van der Waals surface area contributed by atoms with E-state index in [1.165, 1.54) is 20.1 Å². The molecule has 1 heterocycles. The number of rotatable bonds is 5. The van der Waals surface area contributed by atoms with Crippen molar-refractivity contribution in [2.45, 2.75) is 13.8 Å². The predicted molar refractivity (Wildman–Crippen MR) is 75.3 cm³/mol. The van der Waals surface area contributed by atoms with E-state index < -0.39 is 27.9 Å². The summed E-state index contributed by atoms with van der Waals surface area (Å²) in [6, 6.07) is 1.21. The first-order valence-electron chi connectivity index (χ1n) is 6.46. The average Bonchev–Trinajstić information content (AvgIpc) is 2.92. The lowest BCUT2D eigenvalue weighted by Gasteiger charge is -2.11. The van der Waals surface area contributed by atoms with Gasteiger partial charge in [0.05, 0.1) is 18.6 Å². The van der Waals surface area contributed by atoms with Gasteiger partial charge in [-0.15, -0.1) is 0 Å². The third kappa shape index (κ3) is 2.91. The van der Waals surface area contributed by atoms with Crippen molar-refractivity contribution in [1.82, 2.24) is 10.1 Å². The molecular formula is C13H13N3O7. The molecule has 0 saturated carbocycles. The smallest absolute Gasteiger partial charge is 0.346 e. The monoisotopic (exact) mass is 323 g/mol. The van der Waals surface area contributed by atoms with Crippen molar-refractivity contribution in [3.8, 4) is 22.9 Å². The maximum Gasteiger partial charge on any atom is 0.346 e. The lowest BCUT2D eigenvalue weighted by atomic mass is 10.0. The summed E-state index contributed by atoms with van der Waals surface area (Å²) < 4.78 is 14.6. The van der Waals surface area contributed by atoms with Gasteiger partial charge in [-0.1, -0.05) is 5.16 Å². The summed E-state index contributed by atoms with van der Waals surface area (Å²) in [5.74, 6) is -1.85. The number of nitro benzene ring substituents is 1. The van der Waals surface area contributed by atoms with Gasteiger partial charge < -0.3 is 19.1 Å². The van der Waals surface area contributed by atoms with E-state index in [0.717, 1.165) is 0 Å². The Labute approximate surface area is 129 Å². The summed E-state index contributed by atoms with van der Waals surface area (Å²) >= 11 is 0. The summed E-state index contributed by atoms with van der Waals surface area (Å²) in [4.78, 5) is 26.5. The van der Waals surface area contributed by atoms with Crippen LogP contribution in [0.4, 0.5) is 5.69 Å². The Kier molecular flexibility index (Phi) is 4.44. The van der Waals surface area contributed by atoms with Gasteiger partial charge in [0.1, 0.15) is 0 Å². The molecule has 1 N–H and O–H groups in total. The number of carbonyl (C=O) groups excluding carboxylic acids is 1. The highest BCUT2D eigenvalue weighted by Gasteiger charge is 2.34. The number of carbonyl (C=O) groups is 1. The van der Waals surface area contributed by atoms with Crippen LogP contribution in [0.2, 0.25) is 0 Å². The van der Waals surface area contributed by atoms with Crippen LogP contribution in [0.1, 0.15) is 23.2 Å². The van der Waals surface area contributed by atoms with Crippen molar-refractivity contribution in [2.75, 3.05) is 13.7 Å². The molecule has 0 amide bonds. The molecule has 0 unspecified atom stereocenters. The average molecular weight is 323 g/mol. The fourth-order valence-electron chi connectivity index (χ4n) is 1.96. The molecule has 1 aromatic heterocycles. The molecule has 0 fully saturated rings. The van der Waals surface area contributed by atoms with Crippen LogP contribution in [0, 0.1) is 17.0 Å². The molecule has 2 rings (SSSR count). The van der Waals surface area contributed by atoms with Gasteiger partial charge in [-0.3, -0.25) is 10.1 Å². The Morgan fingerprint density at radius 1 is 1.52 bits per heavy atom. The molecule has 23 heavy (non-hydrogen) atoms. The first-order chi connectivity index (χ1) is 10.9. The number of ether oxygens (including phenoxy) is 2. The Bertz CT molecular complexity index is 769. The second-order valence-corrected chi connectivity index (χ2v) is 4.31. The van der Waals surface area contributed by atoms with E-state index in [0.29, 0.717) is 0 Å². The number of hydrogen-bond acceptors (Lipinski definition) is 9. The quantitative estimate of drug-likeness (QED) is 0.496. The van der Waals surface area contributed by atoms with Gasteiger partial charge in [-0.2, -0.15) is 4.98 Å². The third-order valence-electron chi connectivity index (χ3n) is 2.89. The van der Waals surface area contributed by atoms with Crippen LogP contribution < -0.4 is 4.74 Å². The number of nitrogens with zero attached hydrogens (tertiary/aromatic N) is 3. The normalized spacial score (nSPS) is 10.4. The summed E-state index contributed by atoms with van der Waals surface area (Å²) in [6.07, 6.45) is 0. The van der Waals surface area contributed by atoms with Crippen molar-refractivity contribution in [3.63, 3.8) is 0 Å². The van der Waals surface area contributed by atoms with Gasteiger partial charge in [-0.25, -0.2) is 4.79 Å². The first-order valence-corrected chi connectivity index (χ1v) is 6.46. The third-order valence-corrected chi connectivity index (χ3v) is 2.89. The highest BCUT2D eigenvalue weighted by Crippen LogP contribution is 2.43. The first kappa shape index (κ1) is 16.2. The Morgan fingerprint density at radius 2 is 2.22 bits per heavy atom. The summed E-state index contributed by atoms with van der Waals surface area (Å²) in [5, 5.41) is 25.0. The Hall–Kier alpha value is -3.17. The maximum absolute atomic E-state index is 12.2. The van der Waals surface area contributed by atoms with E-state index in [9.17, 15) is 20.0 Å². The van der Waals surface area contributed by atoms with Crippen LogP contribution in [-0.2, 0) is 4.74 Å². The number of phenolic OH excluding ortho intramolecular Hbond substituents is 1. The van der Waals surface area contributed by atoms with E-state index in [1.54, 1.807) is 6.92 Å². The largest absolute Gasteiger partial charge is 0.499 e. The highest BCUT2D eigenvalue weighted by atomic mass is 16.6. The van der Waals surface area contributed by atoms with Gasteiger partial charge in [-0.05, 0) is 13.0 Å². The summed E-state index contributed by atoms with van der Waals surface area (Å²) in [6.45, 7) is 3.06. The standard InChI is InChI=1S/C13H13N3O7/c1-4-22-13(18)9-7(12-14-6(2)23-15-12)5-8(21-3)11(17)10(9)16(19)20/h5,17H,4H2,1-3H3. The topological polar surface area (TPSA) is 138 Å². The zero-order chi connectivity index (χ0) is 17.1. The number of esters is 1. The zero-order valence-electron chi connectivity index (χ0n) is 12.5. The fourth-order valence-corrected chi connectivity index (χ4v) is 1.96.